The van der Waals surface area contributed by atoms with Crippen LogP contribution in [0.3, 0.4) is 0 Å². The van der Waals surface area contributed by atoms with Crippen molar-refractivity contribution in [1.82, 2.24) is 0 Å². The number of aryl methyl sites for hydroxylation is 1. The lowest BCUT2D eigenvalue weighted by Crippen LogP contribution is -2.63. The third-order valence-electron chi connectivity index (χ3n) is 5.07. The molecule has 0 heterocycles. The van der Waals surface area contributed by atoms with Crippen molar-refractivity contribution in [3.8, 4) is 11.1 Å². The lowest BCUT2D eigenvalue weighted by atomic mass is 9.98. The molecule has 0 bridgehead atoms. The van der Waals surface area contributed by atoms with Gasteiger partial charge in [-0.3, -0.25) is 0 Å². The number of hydrogen-bond acceptors (Lipinski definition) is 5. The van der Waals surface area contributed by atoms with Crippen LogP contribution in [-0.2, 0) is 19.6 Å². The fourth-order valence-electron chi connectivity index (χ4n) is 3.45. The van der Waals surface area contributed by atoms with Gasteiger partial charge < -0.3 is 15.0 Å². The monoisotopic (exact) mass is 439 g/mol. The van der Waals surface area contributed by atoms with Crippen LogP contribution in [0, 0.1) is 6.92 Å². The highest BCUT2D eigenvalue weighted by Crippen LogP contribution is 2.44. The molecule has 0 radical (unpaired) electrons. The van der Waals surface area contributed by atoms with Gasteiger partial charge in [0, 0.05) is 5.92 Å². The average molecular weight is 440 g/mol. The van der Waals surface area contributed by atoms with E-state index in [2.05, 4.69) is 30.0 Å². The molecule has 1 atom stereocenters. The van der Waals surface area contributed by atoms with Gasteiger partial charge in [0.25, 0.3) is 0 Å². The van der Waals surface area contributed by atoms with Crippen LogP contribution in [0.15, 0.2) is 77.7 Å². The second-order valence-corrected chi connectivity index (χ2v) is 8.91. The highest BCUT2D eigenvalue weighted by atomic mass is 32.2. The summed E-state index contributed by atoms with van der Waals surface area (Å²) in [6.45, 7) is 3.95. The van der Waals surface area contributed by atoms with Crippen molar-refractivity contribution in [3.63, 3.8) is 0 Å². The molecule has 0 spiro atoms. The summed E-state index contributed by atoms with van der Waals surface area (Å²) in [6, 6.07) is 22.1. The van der Waals surface area contributed by atoms with Gasteiger partial charge in [-0.15, -0.1) is 0 Å². The number of benzene rings is 3. The van der Waals surface area contributed by atoms with E-state index < -0.39 is 10.1 Å². The van der Waals surface area contributed by atoms with Gasteiger partial charge in [-0.2, -0.15) is 0 Å². The summed E-state index contributed by atoms with van der Waals surface area (Å²) in [5.74, 6) is -0.114. The summed E-state index contributed by atoms with van der Waals surface area (Å²) in [7, 11) is -4.27. The molecule has 1 aliphatic carbocycles. The van der Waals surface area contributed by atoms with Crippen molar-refractivity contribution in [1.29, 1.82) is 0 Å². The van der Waals surface area contributed by atoms with Gasteiger partial charge in [0.1, 0.15) is 16.7 Å². The maximum absolute atomic E-state index is 11.6. The quantitative estimate of drug-likeness (QED) is 0.496. The largest absolute Gasteiger partial charge is 0.744 e. The van der Waals surface area contributed by atoms with E-state index in [4.69, 9.17) is 4.74 Å². The van der Waals surface area contributed by atoms with Gasteiger partial charge in [0.15, 0.2) is 6.04 Å². The van der Waals surface area contributed by atoms with Gasteiger partial charge in [-0.25, -0.2) is 13.2 Å². The molecule has 0 saturated heterocycles. The van der Waals surface area contributed by atoms with Crippen molar-refractivity contribution < 1.29 is 28.2 Å². The van der Waals surface area contributed by atoms with Gasteiger partial charge in [0.2, 0.25) is 0 Å². The third kappa shape index (κ3) is 5.38. The first-order valence-electron chi connectivity index (χ1n) is 9.89. The maximum Gasteiger partial charge on any atom is 0.364 e. The molecule has 6 nitrogen and oxygen atoms in total. The van der Waals surface area contributed by atoms with Crippen LogP contribution in [0.2, 0.25) is 0 Å². The first-order chi connectivity index (χ1) is 14.7. The maximum atomic E-state index is 11.6. The van der Waals surface area contributed by atoms with Crippen LogP contribution < -0.4 is 5.73 Å². The second kappa shape index (κ2) is 9.43. The van der Waals surface area contributed by atoms with Gasteiger partial charge >= 0.3 is 5.97 Å². The minimum absolute atomic E-state index is 0.130. The third-order valence-corrected chi connectivity index (χ3v) is 5.92. The predicted molar refractivity (Wildman–Crippen MR) is 116 cm³/mol. The minimum atomic E-state index is -4.27. The molecular formula is C24H25NO5S. The molecule has 1 unspecified atom stereocenters. The van der Waals surface area contributed by atoms with E-state index in [9.17, 15) is 17.8 Å². The Morgan fingerprint density at radius 2 is 1.45 bits per heavy atom. The fourth-order valence-corrected chi connectivity index (χ4v) is 3.92. The SMILES string of the molecule is CC([NH3+])C(=O)OCC1c2ccccc2-c2ccccc21.Cc1ccc(S(=O)(=O)[O-])cc1. The molecule has 1 aliphatic rings. The molecule has 3 aromatic carbocycles. The molecule has 31 heavy (non-hydrogen) atoms. The Balaban J connectivity index is 0.000000210. The zero-order chi connectivity index (χ0) is 22.6. The van der Waals surface area contributed by atoms with E-state index >= 15 is 0 Å². The minimum Gasteiger partial charge on any atom is -0.744 e. The summed E-state index contributed by atoms with van der Waals surface area (Å²) < 4.78 is 36.6. The van der Waals surface area contributed by atoms with E-state index in [0.29, 0.717) is 6.61 Å². The summed E-state index contributed by atoms with van der Waals surface area (Å²) >= 11 is 0. The summed E-state index contributed by atoms with van der Waals surface area (Å²) in [4.78, 5) is 11.5. The topological polar surface area (TPSA) is 111 Å². The Hall–Kier alpha value is -3.00. The number of carbonyl (C=O) groups excluding carboxylic acids is 1. The lowest BCUT2D eigenvalue weighted by molar-refractivity contribution is -0.402. The molecule has 4 rings (SSSR count). The van der Waals surface area contributed by atoms with Crippen LogP contribution in [0.25, 0.3) is 11.1 Å². The number of rotatable bonds is 4. The molecule has 3 aromatic rings. The number of carbonyl (C=O) groups is 1. The van der Waals surface area contributed by atoms with E-state index in [1.165, 1.54) is 34.4 Å². The first kappa shape index (κ1) is 22.7. The fraction of sp³-hybridized carbons (Fsp3) is 0.208. The molecule has 0 amide bonds. The van der Waals surface area contributed by atoms with Crippen LogP contribution in [0.5, 0.6) is 0 Å². The van der Waals surface area contributed by atoms with Crippen molar-refractivity contribution in [3.05, 3.63) is 89.5 Å². The second-order valence-electron chi connectivity index (χ2n) is 7.53. The van der Waals surface area contributed by atoms with Gasteiger partial charge in [-0.05, 0) is 48.2 Å². The zero-order valence-electron chi connectivity index (χ0n) is 17.4. The number of hydrogen-bond donors (Lipinski definition) is 1. The van der Waals surface area contributed by atoms with E-state index in [1.807, 2.05) is 31.2 Å². The number of ether oxygens (including phenoxy) is 1. The number of esters is 1. The summed E-state index contributed by atoms with van der Waals surface area (Å²) in [6.07, 6.45) is 0. The van der Waals surface area contributed by atoms with E-state index in [1.54, 1.807) is 19.1 Å². The van der Waals surface area contributed by atoms with Crippen molar-refractivity contribution in [2.24, 2.45) is 0 Å². The van der Waals surface area contributed by atoms with Crippen molar-refractivity contribution >= 4 is 16.1 Å². The van der Waals surface area contributed by atoms with Gasteiger partial charge in [0.05, 0.1) is 4.90 Å². The standard InChI is InChI=1S/C17H17NO2.C7H8O3S/c1-11(18)17(19)20-10-16-14-8-4-2-6-12(14)13-7-3-5-9-15(13)16;1-6-2-4-7(5-3-6)11(8,9)10/h2-9,11,16H,10,18H2,1H3;2-5H,1H3,(H,8,9,10). The van der Waals surface area contributed by atoms with Crippen LogP contribution >= 0.6 is 0 Å². The highest BCUT2D eigenvalue weighted by Gasteiger charge is 2.29. The number of quaternary nitrogens is 1. The molecule has 3 N–H and O–H groups in total. The Kier molecular flexibility index (Phi) is 6.90. The molecule has 0 saturated carbocycles. The Morgan fingerprint density at radius 3 is 1.90 bits per heavy atom. The smallest absolute Gasteiger partial charge is 0.364 e. The van der Waals surface area contributed by atoms with E-state index in [0.717, 1.165) is 5.56 Å². The Morgan fingerprint density at radius 1 is 0.968 bits per heavy atom. The predicted octanol–water partition coefficient (Wildman–Crippen LogP) is 2.87. The summed E-state index contributed by atoms with van der Waals surface area (Å²) in [5.41, 5.74) is 9.58. The molecule has 162 valence electrons. The summed E-state index contributed by atoms with van der Waals surface area (Å²) in [5, 5.41) is 0. The molecule has 0 fully saturated rings. The first-order valence-corrected chi connectivity index (χ1v) is 11.3. The molecular weight excluding hydrogens is 414 g/mol. The van der Waals surface area contributed by atoms with Crippen molar-refractivity contribution in [2.45, 2.75) is 30.7 Å². The lowest BCUT2D eigenvalue weighted by Gasteiger charge is -2.14. The molecule has 0 aromatic heterocycles. The van der Waals surface area contributed by atoms with Crippen LogP contribution in [0.4, 0.5) is 0 Å². The molecule has 7 heteroatoms. The number of fused-ring (bicyclic) bond motifs is 3. The van der Waals surface area contributed by atoms with Gasteiger partial charge in [-0.1, -0.05) is 66.2 Å². The average Bonchev–Trinajstić information content (AvgIpc) is 3.06. The Bertz CT molecular complexity index is 1130. The molecule has 0 aliphatic heterocycles. The zero-order valence-corrected chi connectivity index (χ0v) is 18.3. The Labute approximate surface area is 182 Å². The normalized spacial score (nSPS) is 13.4. The van der Waals surface area contributed by atoms with Crippen molar-refractivity contribution in [2.75, 3.05) is 6.61 Å². The van der Waals surface area contributed by atoms with Crippen LogP contribution in [-0.4, -0.2) is 31.6 Å². The van der Waals surface area contributed by atoms with Crippen LogP contribution in [0.1, 0.15) is 29.5 Å². The van der Waals surface area contributed by atoms with E-state index in [-0.39, 0.29) is 22.8 Å². The highest BCUT2D eigenvalue weighted by molar-refractivity contribution is 7.85.